The number of tetrazole rings is 1. The van der Waals surface area contributed by atoms with Crippen molar-refractivity contribution < 1.29 is 4.39 Å². The number of aromatic nitrogens is 5. The molecule has 3 aromatic carbocycles. The Labute approximate surface area is 233 Å². The van der Waals surface area contributed by atoms with Gasteiger partial charge < -0.3 is 4.98 Å². The van der Waals surface area contributed by atoms with Gasteiger partial charge in [0, 0.05) is 18.7 Å². The zero-order valence-electron chi connectivity index (χ0n) is 23.6. The smallest absolute Gasteiger partial charge is 0.253 e. The molecular weight excluding hydrogens is 503 g/mol. The average Bonchev–Trinajstić information content (AvgIpc) is 3.42. The van der Waals surface area contributed by atoms with E-state index in [1.807, 2.05) is 35.9 Å². The Balaban J connectivity index is 1.75. The van der Waals surface area contributed by atoms with Crippen LogP contribution < -0.4 is 5.56 Å². The Morgan fingerprint density at radius 2 is 1.65 bits per heavy atom. The maximum absolute atomic E-state index is 13.9. The lowest BCUT2D eigenvalue weighted by Crippen LogP contribution is -2.38. The minimum atomic E-state index is -0.583. The molecule has 0 aliphatic carbocycles. The molecule has 0 aliphatic rings. The van der Waals surface area contributed by atoms with Gasteiger partial charge in [-0.2, -0.15) is 0 Å². The van der Waals surface area contributed by atoms with Crippen LogP contribution in [0.3, 0.4) is 0 Å². The number of hydrogen-bond donors (Lipinski definition) is 1. The quantitative estimate of drug-likeness (QED) is 0.241. The highest BCUT2D eigenvalue weighted by Gasteiger charge is 2.34. The van der Waals surface area contributed by atoms with Gasteiger partial charge in [0.2, 0.25) is 0 Å². The van der Waals surface area contributed by atoms with Crippen LogP contribution in [0.2, 0.25) is 0 Å². The normalized spacial score (nSPS) is 12.8. The van der Waals surface area contributed by atoms with Crippen LogP contribution >= 0.6 is 0 Å². The summed E-state index contributed by atoms with van der Waals surface area (Å²) in [5, 5.41) is 14.0. The lowest BCUT2D eigenvalue weighted by molar-refractivity contribution is 0.180. The van der Waals surface area contributed by atoms with E-state index < -0.39 is 6.04 Å². The number of hydrogen-bond acceptors (Lipinski definition) is 5. The monoisotopic (exact) mass is 538 g/mol. The summed E-state index contributed by atoms with van der Waals surface area (Å²) < 4.78 is 15.7. The largest absolute Gasteiger partial charge is 0.321 e. The van der Waals surface area contributed by atoms with E-state index in [0.717, 1.165) is 39.6 Å². The molecular formula is C32H35FN6O. The number of H-pyrrole nitrogens is 1. The Morgan fingerprint density at radius 1 is 0.975 bits per heavy atom. The van der Waals surface area contributed by atoms with E-state index in [-0.39, 0.29) is 16.9 Å². The topological polar surface area (TPSA) is 79.7 Å². The van der Waals surface area contributed by atoms with Crippen molar-refractivity contribution in [2.24, 2.45) is 0 Å². The summed E-state index contributed by atoms with van der Waals surface area (Å²) in [6, 6.07) is 22.1. The van der Waals surface area contributed by atoms with Crippen LogP contribution in [0, 0.1) is 19.7 Å². The van der Waals surface area contributed by atoms with Crippen molar-refractivity contribution in [1.82, 2.24) is 30.1 Å². The molecule has 0 aliphatic heterocycles. The van der Waals surface area contributed by atoms with Crippen LogP contribution in [0.1, 0.15) is 66.9 Å². The second-order valence-corrected chi connectivity index (χ2v) is 11.1. The number of nitrogens with one attached hydrogen (secondary N) is 1. The van der Waals surface area contributed by atoms with E-state index in [0.29, 0.717) is 24.5 Å². The van der Waals surface area contributed by atoms with Gasteiger partial charge in [-0.3, -0.25) is 9.69 Å². The predicted molar refractivity (Wildman–Crippen MR) is 155 cm³/mol. The summed E-state index contributed by atoms with van der Waals surface area (Å²) in [6.07, 6.45) is 0.793. The predicted octanol–water partition coefficient (Wildman–Crippen LogP) is 6.21. The van der Waals surface area contributed by atoms with Gasteiger partial charge >= 0.3 is 0 Å². The number of aryl methyl sites for hydroxylation is 2. The summed E-state index contributed by atoms with van der Waals surface area (Å²) in [7, 11) is 0. The van der Waals surface area contributed by atoms with Crippen molar-refractivity contribution in [3.63, 3.8) is 0 Å². The number of aromatic amines is 1. The van der Waals surface area contributed by atoms with Gasteiger partial charge in [0.05, 0.1) is 11.1 Å². The maximum atomic E-state index is 13.9. The van der Waals surface area contributed by atoms with E-state index in [9.17, 15) is 9.18 Å². The molecule has 40 heavy (non-hydrogen) atoms. The Bertz CT molecular complexity index is 1670. The minimum absolute atomic E-state index is 0.189. The molecule has 0 saturated heterocycles. The zero-order chi connectivity index (χ0) is 28.4. The number of rotatable bonds is 9. The molecule has 0 bridgehead atoms. The van der Waals surface area contributed by atoms with Gasteiger partial charge in [0.25, 0.3) is 5.56 Å². The number of halogens is 1. The van der Waals surface area contributed by atoms with Crippen molar-refractivity contribution in [2.75, 3.05) is 0 Å². The fraction of sp³-hybridized carbons (Fsp3) is 0.312. The van der Waals surface area contributed by atoms with Crippen LogP contribution in [0.25, 0.3) is 10.9 Å². The van der Waals surface area contributed by atoms with Crippen molar-refractivity contribution >= 4 is 10.9 Å². The van der Waals surface area contributed by atoms with Gasteiger partial charge in [-0.15, -0.1) is 5.10 Å². The molecule has 0 radical (unpaired) electrons. The first-order chi connectivity index (χ1) is 19.2. The SMILES string of the molecule is CCC(C)(C)n1nnnc1C(c1cc2cc(C)cc(C)c2[nH]c1=O)N(Cc1ccccc1)Cc1ccc(F)cc1. The fourth-order valence-electron chi connectivity index (χ4n) is 5.23. The molecule has 8 heteroatoms. The molecule has 206 valence electrons. The molecule has 2 heterocycles. The molecule has 2 aromatic heterocycles. The highest BCUT2D eigenvalue weighted by molar-refractivity contribution is 5.83. The second-order valence-electron chi connectivity index (χ2n) is 11.1. The molecule has 0 spiro atoms. The molecule has 0 fully saturated rings. The number of nitrogens with zero attached hydrogens (tertiary/aromatic N) is 5. The van der Waals surface area contributed by atoms with E-state index in [4.69, 9.17) is 0 Å². The summed E-state index contributed by atoms with van der Waals surface area (Å²) in [6.45, 7) is 11.3. The Hall–Kier alpha value is -4.17. The third-order valence-electron chi connectivity index (χ3n) is 7.69. The van der Waals surface area contributed by atoms with Crippen molar-refractivity contribution in [3.8, 4) is 0 Å². The molecule has 5 rings (SSSR count). The standard InChI is InChI=1S/C32H35FN6O/c1-6-32(4,5)39-30(35-36-37-39)29(27-18-25-17-21(2)16-22(3)28(25)34-31(27)40)38(19-23-10-8-7-9-11-23)20-24-12-14-26(33)15-13-24/h7-18,29H,6,19-20H2,1-5H3,(H,34,40). The minimum Gasteiger partial charge on any atom is -0.321 e. The Kier molecular flexibility index (Phi) is 7.63. The van der Waals surface area contributed by atoms with Crippen LogP contribution in [0.15, 0.2) is 77.6 Å². The summed E-state index contributed by atoms with van der Waals surface area (Å²) in [5.41, 5.74) is 4.92. The lowest BCUT2D eigenvalue weighted by atomic mass is 9.97. The van der Waals surface area contributed by atoms with Gasteiger partial charge in [-0.1, -0.05) is 61.0 Å². The van der Waals surface area contributed by atoms with E-state index in [2.05, 4.69) is 77.4 Å². The highest BCUT2D eigenvalue weighted by Crippen LogP contribution is 2.33. The lowest BCUT2D eigenvalue weighted by Gasteiger charge is -2.33. The first-order valence-corrected chi connectivity index (χ1v) is 13.6. The summed E-state index contributed by atoms with van der Waals surface area (Å²) >= 11 is 0. The van der Waals surface area contributed by atoms with E-state index >= 15 is 0 Å². The molecule has 1 unspecified atom stereocenters. The summed E-state index contributed by atoms with van der Waals surface area (Å²) in [5.74, 6) is 0.291. The highest BCUT2D eigenvalue weighted by atomic mass is 19.1. The third-order valence-corrected chi connectivity index (χ3v) is 7.69. The average molecular weight is 539 g/mol. The van der Waals surface area contributed by atoms with Crippen LogP contribution in [-0.4, -0.2) is 30.1 Å². The van der Waals surface area contributed by atoms with Crippen LogP contribution in [0.4, 0.5) is 4.39 Å². The molecule has 0 saturated carbocycles. The summed E-state index contributed by atoms with van der Waals surface area (Å²) in [4.78, 5) is 19.2. The van der Waals surface area contributed by atoms with Crippen LogP contribution in [-0.2, 0) is 18.6 Å². The van der Waals surface area contributed by atoms with Crippen LogP contribution in [0.5, 0.6) is 0 Å². The number of benzene rings is 3. The van der Waals surface area contributed by atoms with Gasteiger partial charge in [-0.25, -0.2) is 9.07 Å². The van der Waals surface area contributed by atoms with Gasteiger partial charge in [-0.05, 0) is 90.9 Å². The third kappa shape index (κ3) is 5.58. The Morgan fingerprint density at radius 3 is 2.33 bits per heavy atom. The number of pyridine rings is 1. The first-order valence-electron chi connectivity index (χ1n) is 13.6. The van der Waals surface area contributed by atoms with E-state index in [1.54, 1.807) is 12.1 Å². The van der Waals surface area contributed by atoms with Crippen molar-refractivity contribution in [3.05, 3.63) is 123 Å². The first kappa shape index (κ1) is 27.4. The van der Waals surface area contributed by atoms with Crippen molar-refractivity contribution in [1.29, 1.82) is 0 Å². The van der Waals surface area contributed by atoms with Gasteiger partial charge in [0.1, 0.15) is 11.9 Å². The molecule has 1 N–H and O–H groups in total. The van der Waals surface area contributed by atoms with E-state index in [1.165, 1.54) is 12.1 Å². The maximum Gasteiger partial charge on any atom is 0.253 e. The van der Waals surface area contributed by atoms with Crippen molar-refractivity contribution in [2.45, 2.75) is 65.7 Å². The molecule has 7 nitrogen and oxygen atoms in total. The zero-order valence-corrected chi connectivity index (χ0v) is 23.6. The molecule has 5 aromatic rings. The molecule has 0 amide bonds. The fourth-order valence-corrected chi connectivity index (χ4v) is 5.23. The molecule has 1 atom stereocenters. The van der Waals surface area contributed by atoms with Gasteiger partial charge in [0.15, 0.2) is 5.82 Å². The second kappa shape index (κ2) is 11.1. The number of fused-ring (bicyclic) bond motifs is 1.